The Labute approximate surface area is 147 Å². The first kappa shape index (κ1) is 18.8. The van der Waals surface area contributed by atoms with Gasteiger partial charge < -0.3 is 24.0 Å². The standard InChI is InChI=1S/C15H17N2O8P/c1-4-15(6-8-26(20,21)22)11-10(23-14(2,3)24-11)12(25-15)17-7-5-9(18)16-13(17)19/h1,5-8,10-12H,2-3H3,(H,16,18,19)(H2,20,21,22)/t10-,11+,12?,15?/m1/s1. The highest BCUT2D eigenvalue weighted by atomic mass is 31.2. The molecule has 0 bridgehead atoms. The quantitative estimate of drug-likeness (QED) is 0.475. The van der Waals surface area contributed by atoms with Crippen molar-refractivity contribution in [3.8, 4) is 12.3 Å². The third-order valence-corrected chi connectivity index (χ3v) is 4.55. The maximum Gasteiger partial charge on any atom is 0.348 e. The first-order valence-electron chi connectivity index (χ1n) is 7.55. The molecule has 3 heterocycles. The van der Waals surface area contributed by atoms with Gasteiger partial charge in [-0.05, 0) is 19.9 Å². The number of ether oxygens (including phenoxy) is 3. The van der Waals surface area contributed by atoms with Crippen molar-refractivity contribution < 1.29 is 28.6 Å². The molecule has 11 heteroatoms. The maximum atomic E-state index is 12.1. The summed E-state index contributed by atoms with van der Waals surface area (Å²) in [5, 5.41) is 0. The van der Waals surface area contributed by atoms with Crippen molar-refractivity contribution in [1.82, 2.24) is 9.55 Å². The molecular weight excluding hydrogens is 367 g/mol. The third-order valence-electron chi connectivity index (χ3n) is 4.02. The Balaban J connectivity index is 2.10. The summed E-state index contributed by atoms with van der Waals surface area (Å²) in [6, 6.07) is 1.13. The summed E-state index contributed by atoms with van der Waals surface area (Å²) in [7, 11) is -4.52. The van der Waals surface area contributed by atoms with E-state index in [9.17, 15) is 14.2 Å². The van der Waals surface area contributed by atoms with Gasteiger partial charge in [0.25, 0.3) is 5.56 Å². The van der Waals surface area contributed by atoms with E-state index in [-0.39, 0.29) is 0 Å². The van der Waals surface area contributed by atoms with E-state index in [2.05, 4.69) is 10.9 Å². The molecule has 3 rings (SSSR count). The van der Waals surface area contributed by atoms with Crippen molar-refractivity contribution >= 4 is 7.60 Å². The lowest BCUT2D eigenvalue weighted by molar-refractivity contribution is -0.201. The molecule has 0 amide bonds. The topological polar surface area (TPSA) is 140 Å². The minimum absolute atomic E-state index is 0.589. The Bertz CT molecular complexity index is 951. The molecule has 1 aromatic heterocycles. The zero-order chi connectivity index (χ0) is 19.3. The number of rotatable bonds is 3. The molecule has 0 spiro atoms. The highest BCUT2D eigenvalue weighted by Gasteiger charge is 2.62. The average Bonchev–Trinajstić information content (AvgIpc) is 2.97. The van der Waals surface area contributed by atoms with Gasteiger partial charge in [-0.2, -0.15) is 0 Å². The summed E-state index contributed by atoms with van der Waals surface area (Å²) in [5.74, 6) is 1.90. The summed E-state index contributed by atoms with van der Waals surface area (Å²) in [6.07, 6.45) is 4.97. The SMILES string of the molecule is C#CC1(C=CP(=O)(O)O)OC(n2ccc(=O)[nH]c2=O)[C@@H]2OC(C)(C)O[C@@H]21. The zero-order valence-corrected chi connectivity index (χ0v) is 14.8. The molecule has 26 heavy (non-hydrogen) atoms. The smallest absolute Gasteiger partial charge is 0.340 e. The van der Waals surface area contributed by atoms with Crippen LogP contribution in [0.2, 0.25) is 0 Å². The van der Waals surface area contributed by atoms with Crippen LogP contribution in [-0.2, 0) is 18.8 Å². The Morgan fingerprint density at radius 2 is 2.04 bits per heavy atom. The summed E-state index contributed by atoms with van der Waals surface area (Å²) in [5.41, 5.74) is -3.02. The lowest BCUT2D eigenvalue weighted by atomic mass is 9.96. The van der Waals surface area contributed by atoms with Crippen LogP contribution in [0, 0.1) is 12.3 Å². The molecule has 0 aromatic carbocycles. The van der Waals surface area contributed by atoms with Gasteiger partial charge >= 0.3 is 13.3 Å². The molecule has 1 aromatic rings. The van der Waals surface area contributed by atoms with E-state index in [1.807, 2.05) is 0 Å². The number of hydrogen-bond donors (Lipinski definition) is 3. The number of H-pyrrole nitrogens is 1. The van der Waals surface area contributed by atoms with E-state index >= 15 is 0 Å². The number of aromatic nitrogens is 2. The Morgan fingerprint density at radius 1 is 1.35 bits per heavy atom. The minimum Gasteiger partial charge on any atom is -0.340 e. The van der Waals surface area contributed by atoms with Crippen molar-refractivity contribution in [2.45, 2.75) is 43.7 Å². The van der Waals surface area contributed by atoms with Gasteiger partial charge in [-0.1, -0.05) is 5.92 Å². The van der Waals surface area contributed by atoms with E-state index in [1.54, 1.807) is 13.8 Å². The van der Waals surface area contributed by atoms with Gasteiger partial charge in [-0.25, -0.2) is 4.79 Å². The van der Waals surface area contributed by atoms with Gasteiger partial charge in [0.1, 0.15) is 12.2 Å². The van der Waals surface area contributed by atoms with Gasteiger partial charge in [-0.3, -0.25) is 18.9 Å². The molecule has 0 saturated carbocycles. The fraction of sp³-hybridized carbons (Fsp3) is 0.467. The molecule has 0 aliphatic carbocycles. The largest absolute Gasteiger partial charge is 0.348 e. The number of hydrogen-bond acceptors (Lipinski definition) is 6. The summed E-state index contributed by atoms with van der Waals surface area (Å²) in [4.78, 5) is 43.8. The van der Waals surface area contributed by atoms with Crippen LogP contribution in [0.5, 0.6) is 0 Å². The van der Waals surface area contributed by atoms with Gasteiger partial charge in [0.15, 0.2) is 17.6 Å². The number of aromatic amines is 1. The second-order valence-electron chi connectivity index (χ2n) is 6.39. The predicted molar refractivity (Wildman–Crippen MR) is 88.0 cm³/mol. The van der Waals surface area contributed by atoms with Crippen LogP contribution in [0.1, 0.15) is 20.1 Å². The molecule has 2 unspecified atom stereocenters. The normalized spacial score (nSPS) is 33.3. The average molecular weight is 384 g/mol. The number of fused-ring (bicyclic) bond motifs is 1. The van der Waals surface area contributed by atoms with Crippen molar-refractivity contribution in [3.63, 3.8) is 0 Å². The third kappa shape index (κ3) is 3.33. The fourth-order valence-electron chi connectivity index (χ4n) is 3.01. The molecule has 2 saturated heterocycles. The highest BCUT2D eigenvalue weighted by Crippen LogP contribution is 2.49. The van der Waals surface area contributed by atoms with E-state index in [0.29, 0.717) is 5.82 Å². The second-order valence-corrected chi connectivity index (χ2v) is 7.87. The van der Waals surface area contributed by atoms with Crippen LogP contribution in [0.4, 0.5) is 0 Å². The molecule has 140 valence electrons. The summed E-state index contributed by atoms with van der Waals surface area (Å²) in [6.45, 7) is 3.26. The van der Waals surface area contributed by atoms with Gasteiger partial charge in [0.05, 0.1) is 0 Å². The minimum atomic E-state index is -4.52. The second kappa shape index (κ2) is 6.03. The van der Waals surface area contributed by atoms with Crippen LogP contribution in [0.25, 0.3) is 0 Å². The Morgan fingerprint density at radius 3 is 2.62 bits per heavy atom. The van der Waals surface area contributed by atoms with E-state index in [0.717, 1.165) is 16.7 Å². The van der Waals surface area contributed by atoms with Crippen molar-refractivity contribution in [3.05, 3.63) is 45.0 Å². The molecule has 4 atom stereocenters. The van der Waals surface area contributed by atoms with Crippen LogP contribution < -0.4 is 11.2 Å². The van der Waals surface area contributed by atoms with Gasteiger partial charge in [-0.15, -0.1) is 6.42 Å². The van der Waals surface area contributed by atoms with Crippen LogP contribution in [0.3, 0.4) is 0 Å². The molecule has 0 radical (unpaired) electrons. The first-order valence-corrected chi connectivity index (χ1v) is 9.23. The maximum absolute atomic E-state index is 12.1. The molecular formula is C15H17N2O8P. The Kier molecular flexibility index (Phi) is 4.36. The fourth-order valence-corrected chi connectivity index (χ4v) is 3.43. The summed E-state index contributed by atoms with van der Waals surface area (Å²) >= 11 is 0. The van der Waals surface area contributed by atoms with E-state index in [1.165, 1.54) is 6.20 Å². The molecule has 2 fully saturated rings. The van der Waals surface area contributed by atoms with Gasteiger partial charge in [0, 0.05) is 18.1 Å². The Hall–Kier alpha value is -1.99. The van der Waals surface area contributed by atoms with Crippen LogP contribution in [-0.4, -0.2) is 42.9 Å². The summed E-state index contributed by atoms with van der Waals surface area (Å²) < 4.78 is 29.7. The molecule has 2 aliphatic rings. The van der Waals surface area contributed by atoms with Gasteiger partial charge in [0.2, 0.25) is 0 Å². The van der Waals surface area contributed by atoms with E-state index < -0.39 is 48.7 Å². The number of nitrogens with one attached hydrogen (secondary N) is 1. The van der Waals surface area contributed by atoms with E-state index in [4.69, 9.17) is 30.4 Å². The molecule has 2 aliphatic heterocycles. The predicted octanol–water partition coefficient (Wildman–Crippen LogP) is -0.351. The lowest BCUT2D eigenvalue weighted by Crippen LogP contribution is -2.40. The highest BCUT2D eigenvalue weighted by molar-refractivity contribution is 7.55. The number of terminal acetylenes is 1. The first-order chi connectivity index (χ1) is 12.0. The molecule has 3 N–H and O–H groups in total. The monoisotopic (exact) mass is 384 g/mol. The van der Waals surface area contributed by atoms with Crippen molar-refractivity contribution in [2.24, 2.45) is 0 Å². The van der Waals surface area contributed by atoms with Crippen LogP contribution in [0.15, 0.2) is 33.7 Å². The zero-order valence-electron chi connectivity index (χ0n) is 13.9. The van der Waals surface area contributed by atoms with Crippen LogP contribution >= 0.6 is 7.60 Å². The lowest BCUT2D eigenvalue weighted by Gasteiger charge is -2.28. The van der Waals surface area contributed by atoms with Crippen molar-refractivity contribution in [2.75, 3.05) is 0 Å². The number of nitrogens with zero attached hydrogens (tertiary/aromatic N) is 1. The van der Waals surface area contributed by atoms with Crippen molar-refractivity contribution in [1.29, 1.82) is 0 Å². The molecule has 10 nitrogen and oxygen atoms in total.